The monoisotopic (exact) mass is 400 g/mol. The zero-order valence-electron chi connectivity index (χ0n) is 15.1. The predicted octanol–water partition coefficient (Wildman–Crippen LogP) is 0.412. The van der Waals surface area contributed by atoms with Crippen LogP contribution in [0.5, 0.6) is 0 Å². The summed E-state index contributed by atoms with van der Waals surface area (Å²) in [6, 6.07) is 5.12. The molecule has 0 bridgehead atoms. The van der Waals surface area contributed by atoms with Gasteiger partial charge in [0.25, 0.3) is 5.91 Å². The lowest BCUT2D eigenvalue weighted by molar-refractivity contribution is -0.136. The number of benzene rings is 1. The summed E-state index contributed by atoms with van der Waals surface area (Å²) in [5.41, 5.74) is 7.94. The lowest BCUT2D eigenvalue weighted by Crippen LogP contribution is -2.52. The molecule has 1 aromatic heterocycles. The maximum absolute atomic E-state index is 12.8. The van der Waals surface area contributed by atoms with Gasteiger partial charge in [-0.3, -0.25) is 19.7 Å². The third-order valence-electron chi connectivity index (χ3n) is 4.87. The van der Waals surface area contributed by atoms with Gasteiger partial charge in [-0.05, 0) is 30.2 Å². The molecule has 0 saturated carbocycles. The number of hydrogen-bond donors (Lipinski definition) is 3. The van der Waals surface area contributed by atoms with Crippen LogP contribution < -0.4 is 16.4 Å². The van der Waals surface area contributed by atoms with Crippen molar-refractivity contribution in [1.82, 2.24) is 19.6 Å². The number of anilines is 1. The molecular weight excluding hydrogens is 380 g/mol. The summed E-state index contributed by atoms with van der Waals surface area (Å²) in [5.74, 6) is -0.138. The van der Waals surface area contributed by atoms with Crippen molar-refractivity contribution in [3.8, 4) is 0 Å². The van der Waals surface area contributed by atoms with E-state index in [1.807, 2.05) is 18.2 Å². The normalized spacial score (nSPS) is 19.0. The molecule has 4 rings (SSSR count). The molecule has 0 aliphatic carbocycles. The van der Waals surface area contributed by atoms with Gasteiger partial charge >= 0.3 is 0 Å². The van der Waals surface area contributed by atoms with Gasteiger partial charge in [-0.1, -0.05) is 12.1 Å². The first-order valence-electron chi connectivity index (χ1n) is 9.08. The summed E-state index contributed by atoms with van der Waals surface area (Å²) in [6.07, 6.45) is 1.25. The van der Waals surface area contributed by atoms with Crippen molar-refractivity contribution in [2.45, 2.75) is 38.4 Å². The number of nitrogens with one attached hydrogen (secondary N) is 2. The van der Waals surface area contributed by atoms with Gasteiger partial charge in [0, 0.05) is 43.0 Å². The highest BCUT2D eigenvalue weighted by Crippen LogP contribution is 2.28. The van der Waals surface area contributed by atoms with E-state index in [9.17, 15) is 14.4 Å². The second-order valence-electron chi connectivity index (χ2n) is 6.80. The Bertz CT molecular complexity index is 943. The van der Waals surface area contributed by atoms with Gasteiger partial charge in [0.15, 0.2) is 0 Å². The fourth-order valence-corrected chi connectivity index (χ4v) is 4.05. The number of carbonyl (C=O) groups is 3. The second kappa shape index (κ2) is 7.64. The molecule has 2 aliphatic rings. The number of imide groups is 1. The first kappa shape index (κ1) is 18.5. The molecule has 4 N–H and O–H groups in total. The van der Waals surface area contributed by atoms with E-state index in [2.05, 4.69) is 20.0 Å². The number of hydrogen-bond acceptors (Lipinski definition) is 8. The van der Waals surface area contributed by atoms with Crippen LogP contribution in [0, 0.1) is 0 Å². The maximum Gasteiger partial charge on any atom is 0.255 e. The van der Waals surface area contributed by atoms with Crippen LogP contribution in [0.4, 0.5) is 5.13 Å². The number of aromatic nitrogens is 2. The van der Waals surface area contributed by atoms with E-state index >= 15 is 0 Å². The van der Waals surface area contributed by atoms with Gasteiger partial charge in [0.05, 0.1) is 0 Å². The summed E-state index contributed by atoms with van der Waals surface area (Å²) in [7, 11) is 0. The smallest absolute Gasteiger partial charge is 0.255 e. The van der Waals surface area contributed by atoms with Crippen LogP contribution in [0.2, 0.25) is 0 Å². The summed E-state index contributed by atoms with van der Waals surface area (Å²) in [6.45, 7) is 1.40. The number of fused-ring (bicyclic) bond motifs is 1. The molecule has 0 radical (unpaired) electrons. The maximum atomic E-state index is 12.8. The van der Waals surface area contributed by atoms with E-state index in [1.54, 1.807) is 4.90 Å². The van der Waals surface area contributed by atoms with E-state index in [0.717, 1.165) is 17.0 Å². The van der Waals surface area contributed by atoms with Crippen molar-refractivity contribution in [2.24, 2.45) is 5.73 Å². The van der Waals surface area contributed by atoms with Crippen molar-refractivity contribution >= 4 is 34.4 Å². The first-order valence-corrected chi connectivity index (χ1v) is 9.85. The third-order valence-corrected chi connectivity index (χ3v) is 5.58. The van der Waals surface area contributed by atoms with E-state index in [0.29, 0.717) is 43.2 Å². The van der Waals surface area contributed by atoms with Crippen LogP contribution in [0.1, 0.15) is 40.2 Å². The molecule has 1 fully saturated rings. The number of rotatable bonds is 6. The van der Waals surface area contributed by atoms with E-state index in [1.165, 1.54) is 11.5 Å². The molecule has 2 aromatic rings. The minimum absolute atomic E-state index is 0.174. The van der Waals surface area contributed by atoms with Crippen LogP contribution in [0.15, 0.2) is 18.2 Å². The predicted molar refractivity (Wildman–Crippen MR) is 102 cm³/mol. The van der Waals surface area contributed by atoms with Gasteiger partial charge in [-0.15, -0.1) is 0 Å². The Kier molecular flexibility index (Phi) is 5.05. The Labute approximate surface area is 165 Å². The number of amides is 3. The average molecular weight is 400 g/mol. The highest BCUT2D eigenvalue weighted by atomic mass is 32.1. The Morgan fingerprint density at radius 2 is 2.18 bits per heavy atom. The summed E-state index contributed by atoms with van der Waals surface area (Å²) < 4.78 is 4.23. The minimum atomic E-state index is -0.596. The minimum Gasteiger partial charge on any atom is -0.356 e. The van der Waals surface area contributed by atoms with Crippen molar-refractivity contribution < 1.29 is 14.4 Å². The molecule has 3 heterocycles. The molecule has 0 spiro atoms. The van der Waals surface area contributed by atoms with E-state index < -0.39 is 11.9 Å². The Morgan fingerprint density at radius 3 is 2.96 bits per heavy atom. The zero-order chi connectivity index (χ0) is 19.7. The van der Waals surface area contributed by atoms with Gasteiger partial charge in [0.1, 0.15) is 11.9 Å². The van der Waals surface area contributed by atoms with E-state index in [-0.39, 0.29) is 18.2 Å². The van der Waals surface area contributed by atoms with Crippen molar-refractivity contribution in [2.75, 3.05) is 11.9 Å². The molecule has 3 amide bonds. The first-order chi connectivity index (χ1) is 13.5. The molecule has 2 aliphatic heterocycles. The SMILES string of the molecule is NCCc1nsc(NCc2ccc3c(c2)C(=O)N(C2CCC(=O)NC2=O)C3)n1. The molecule has 1 saturated heterocycles. The van der Waals surface area contributed by atoms with Crippen molar-refractivity contribution in [1.29, 1.82) is 0 Å². The Hall–Kier alpha value is -2.85. The second-order valence-corrected chi connectivity index (χ2v) is 7.55. The topological polar surface area (TPSA) is 130 Å². The summed E-state index contributed by atoms with van der Waals surface area (Å²) in [4.78, 5) is 42.2. The molecule has 1 atom stereocenters. The number of nitrogens with two attached hydrogens (primary N) is 1. The molecule has 146 valence electrons. The van der Waals surface area contributed by atoms with Crippen molar-refractivity contribution in [3.05, 3.63) is 40.7 Å². The molecular formula is C18H20N6O3S. The third kappa shape index (κ3) is 3.60. The lowest BCUT2D eigenvalue weighted by Gasteiger charge is -2.29. The van der Waals surface area contributed by atoms with Gasteiger partial charge < -0.3 is 16.0 Å². The van der Waals surface area contributed by atoms with E-state index in [4.69, 9.17) is 5.73 Å². The van der Waals surface area contributed by atoms with Crippen molar-refractivity contribution in [3.63, 3.8) is 0 Å². The summed E-state index contributed by atoms with van der Waals surface area (Å²) >= 11 is 1.28. The highest BCUT2D eigenvalue weighted by molar-refractivity contribution is 7.09. The molecule has 28 heavy (non-hydrogen) atoms. The number of carbonyl (C=O) groups excluding carboxylic acids is 3. The number of piperidine rings is 1. The van der Waals surface area contributed by atoms with Gasteiger partial charge in [-0.2, -0.15) is 4.37 Å². The quantitative estimate of drug-likeness (QED) is 0.599. The fraction of sp³-hybridized carbons (Fsp3) is 0.389. The largest absolute Gasteiger partial charge is 0.356 e. The number of nitrogens with zero attached hydrogens (tertiary/aromatic N) is 3. The zero-order valence-corrected chi connectivity index (χ0v) is 15.9. The van der Waals surface area contributed by atoms with Crippen LogP contribution in [-0.4, -0.2) is 44.6 Å². The average Bonchev–Trinajstić information content (AvgIpc) is 3.25. The lowest BCUT2D eigenvalue weighted by atomic mass is 10.0. The van der Waals surface area contributed by atoms with Gasteiger partial charge in [-0.25, -0.2) is 4.98 Å². The van der Waals surface area contributed by atoms with Crippen LogP contribution in [0.25, 0.3) is 0 Å². The van der Waals surface area contributed by atoms with Gasteiger partial charge in [0.2, 0.25) is 16.9 Å². The Balaban J connectivity index is 1.43. The van der Waals surface area contributed by atoms with Crippen LogP contribution in [0.3, 0.4) is 0 Å². The molecule has 1 aromatic carbocycles. The fourth-order valence-electron chi connectivity index (χ4n) is 3.45. The summed E-state index contributed by atoms with van der Waals surface area (Å²) in [5, 5.41) is 6.23. The highest BCUT2D eigenvalue weighted by Gasteiger charge is 2.39. The molecule has 10 heteroatoms. The standard InChI is InChI=1S/C18H20N6O3S/c19-6-5-14-21-18(28-23-14)20-8-10-1-2-11-9-24(17(27)12(11)7-10)13-3-4-15(25)22-16(13)26/h1-2,7,13H,3-6,8-9,19H2,(H,20,21,23)(H,22,25,26). The Morgan fingerprint density at radius 1 is 1.32 bits per heavy atom. The van der Waals surface area contributed by atoms with Crippen LogP contribution >= 0.6 is 11.5 Å². The van der Waals surface area contributed by atoms with Crippen LogP contribution in [-0.2, 0) is 29.1 Å². The molecule has 1 unspecified atom stereocenters. The molecule has 9 nitrogen and oxygen atoms in total.